The summed E-state index contributed by atoms with van der Waals surface area (Å²) >= 11 is 0. The maximum atomic E-state index is 11.3. The molecule has 2 amide bonds. The summed E-state index contributed by atoms with van der Waals surface area (Å²) in [4.78, 5) is 22.4. The monoisotopic (exact) mass is 225 g/mol. The molecule has 5 nitrogen and oxygen atoms in total. The van der Waals surface area contributed by atoms with Gasteiger partial charge in [-0.1, -0.05) is 5.92 Å². The van der Waals surface area contributed by atoms with Crippen LogP contribution in [0.15, 0.2) is 0 Å². The molecule has 1 atom stereocenters. The quantitative estimate of drug-likeness (QED) is 0.499. The number of nitrogens with one attached hydrogen (secondary N) is 3. The molecule has 0 spiro atoms. The maximum absolute atomic E-state index is 11.3. The number of carbonyl (C=O) groups is 2. The summed E-state index contributed by atoms with van der Waals surface area (Å²) < 4.78 is 0. The van der Waals surface area contributed by atoms with E-state index < -0.39 is 0 Å². The van der Waals surface area contributed by atoms with E-state index in [-0.39, 0.29) is 24.4 Å². The van der Waals surface area contributed by atoms with Crippen LogP contribution in [0.1, 0.15) is 20.3 Å². The zero-order chi connectivity index (χ0) is 12.4. The Labute approximate surface area is 96.4 Å². The fourth-order valence-electron chi connectivity index (χ4n) is 1.07. The molecule has 0 aromatic carbocycles. The van der Waals surface area contributed by atoms with E-state index in [1.807, 2.05) is 6.92 Å². The average molecular weight is 225 g/mol. The molecule has 5 heteroatoms. The Hall–Kier alpha value is -1.54. The molecule has 0 fully saturated rings. The van der Waals surface area contributed by atoms with E-state index in [0.29, 0.717) is 19.5 Å². The topological polar surface area (TPSA) is 70.2 Å². The van der Waals surface area contributed by atoms with Crippen LogP contribution in [0, 0.1) is 12.3 Å². The lowest BCUT2D eigenvalue weighted by Crippen LogP contribution is -2.43. The van der Waals surface area contributed by atoms with Crippen LogP contribution in [0.25, 0.3) is 0 Å². The Morgan fingerprint density at radius 1 is 1.38 bits per heavy atom. The Morgan fingerprint density at radius 2 is 2.06 bits per heavy atom. The van der Waals surface area contributed by atoms with Crippen molar-refractivity contribution >= 4 is 11.8 Å². The highest BCUT2D eigenvalue weighted by Gasteiger charge is 2.10. The third kappa shape index (κ3) is 6.85. The Kier molecular flexibility index (Phi) is 7.90. The maximum Gasteiger partial charge on any atom is 0.237 e. The molecule has 0 aliphatic rings. The molecule has 0 aromatic rings. The molecular weight excluding hydrogens is 206 g/mol. The number of terminal acetylenes is 1. The van der Waals surface area contributed by atoms with Gasteiger partial charge in [-0.05, 0) is 13.8 Å². The van der Waals surface area contributed by atoms with Crippen molar-refractivity contribution in [3.63, 3.8) is 0 Å². The van der Waals surface area contributed by atoms with Crippen LogP contribution >= 0.6 is 0 Å². The predicted octanol–water partition coefficient (Wildman–Crippen LogP) is -0.760. The van der Waals surface area contributed by atoms with Crippen LogP contribution in [0.4, 0.5) is 0 Å². The van der Waals surface area contributed by atoms with Crippen LogP contribution in [-0.4, -0.2) is 37.5 Å². The van der Waals surface area contributed by atoms with Gasteiger partial charge in [0.25, 0.3) is 0 Å². The molecule has 3 N–H and O–H groups in total. The van der Waals surface area contributed by atoms with Crippen molar-refractivity contribution in [2.75, 3.05) is 19.6 Å². The number of rotatable bonds is 7. The van der Waals surface area contributed by atoms with Crippen LogP contribution in [0.2, 0.25) is 0 Å². The van der Waals surface area contributed by atoms with Gasteiger partial charge in [0.1, 0.15) is 0 Å². The molecule has 0 saturated heterocycles. The molecule has 0 bridgehead atoms. The lowest BCUT2D eigenvalue weighted by Gasteiger charge is -2.12. The van der Waals surface area contributed by atoms with Crippen LogP contribution in [0.3, 0.4) is 0 Å². The van der Waals surface area contributed by atoms with Crippen LogP contribution in [-0.2, 0) is 9.59 Å². The molecule has 0 aliphatic heterocycles. The van der Waals surface area contributed by atoms with Crippen molar-refractivity contribution < 1.29 is 9.59 Å². The van der Waals surface area contributed by atoms with Gasteiger partial charge in [0.05, 0.1) is 12.6 Å². The Bertz CT molecular complexity index is 271. The summed E-state index contributed by atoms with van der Waals surface area (Å²) in [5.41, 5.74) is 0. The third-order valence-electron chi connectivity index (χ3n) is 1.93. The van der Waals surface area contributed by atoms with E-state index in [2.05, 4.69) is 21.9 Å². The fourth-order valence-corrected chi connectivity index (χ4v) is 1.07. The van der Waals surface area contributed by atoms with E-state index >= 15 is 0 Å². The van der Waals surface area contributed by atoms with E-state index in [1.165, 1.54) is 0 Å². The van der Waals surface area contributed by atoms with Crippen molar-refractivity contribution in [1.29, 1.82) is 0 Å². The zero-order valence-corrected chi connectivity index (χ0v) is 9.80. The van der Waals surface area contributed by atoms with Gasteiger partial charge in [0.2, 0.25) is 11.8 Å². The molecule has 0 aliphatic carbocycles. The molecule has 0 radical (unpaired) electrons. The highest BCUT2D eigenvalue weighted by molar-refractivity contribution is 5.81. The number of hydrogen-bond acceptors (Lipinski definition) is 3. The highest BCUT2D eigenvalue weighted by atomic mass is 16.2. The SMILES string of the molecule is C#CCNC(=O)C(C)NCCC(=O)NCC. The highest BCUT2D eigenvalue weighted by Crippen LogP contribution is 1.84. The van der Waals surface area contributed by atoms with E-state index in [1.54, 1.807) is 6.92 Å². The minimum Gasteiger partial charge on any atom is -0.356 e. The second-order valence-electron chi connectivity index (χ2n) is 3.30. The van der Waals surface area contributed by atoms with Gasteiger partial charge < -0.3 is 16.0 Å². The number of amides is 2. The van der Waals surface area contributed by atoms with E-state index in [4.69, 9.17) is 6.42 Å². The first-order valence-corrected chi connectivity index (χ1v) is 5.33. The van der Waals surface area contributed by atoms with Crippen LogP contribution in [0.5, 0.6) is 0 Å². The van der Waals surface area contributed by atoms with Crippen molar-refractivity contribution in [3.8, 4) is 12.3 Å². The Morgan fingerprint density at radius 3 is 2.62 bits per heavy atom. The molecule has 1 unspecified atom stereocenters. The largest absolute Gasteiger partial charge is 0.356 e. The first-order chi connectivity index (χ1) is 7.61. The fraction of sp³-hybridized carbons (Fsp3) is 0.636. The Balaban J connectivity index is 3.64. The lowest BCUT2D eigenvalue weighted by atomic mass is 10.3. The second kappa shape index (κ2) is 8.74. The third-order valence-corrected chi connectivity index (χ3v) is 1.93. The van der Waals surface area contributed by atoms with Gasteiger partial charge in [-0.15, -0.1) is 6.42 Å². The number of carbonyl (C=O) groups excluding carboxylic acids is 2. The molecule has 0 heterocycles. The molecule has 0 aromatic heterocycles. The predicted molar refractivity (Wildman–Crippen MR) is 62.6 cm³/mol. The normalized spacial score (nSPS) is 11.3. The van der Waals surface area contributed by atoms with Gasteiger partial charge in [-0.25, -0.2) is 0 Å². The van der Waals surface area contributed by atoms with E-state index in [9.17, 15) is 9.59 Å². The van der Waals surface area contributed by atoms with Crippen LogP contribution < -0.4 is 16.0 Å². The lowest BCUT2D eigenvalue weighted by molar-refractivity contribution is -0.123. The van der Waals surface area contributed by atoms with Crippen molar-refractivity contribution in [2.24, 2.45) is 0 Å². The minimum atomic E-state index is -0.345. The smallest absolute Gasteiger partial charge is 0.237 e. The van der Waals surface area contributed by atoms with E-state index in [0.717, 1.165) is 0 Å². The summed E-state index contributed by atoms with van der Waals surface area (Å²) in [6.07, 6.45) is 5.37. The van der Waals surface area contributed by atoms with Gasteiger partial charge in [0.15, 0.2) is 0 Å². The standard InChI is InChI=1S/C11H19N3O2/c1-4-7-14-11(16)9(3)13-8-6-10(15)12-5-2/h1,9,13H,5-8H2,2-3H3,(H,12,15)(H,14,16). The number of hydrogen-bond donors (Lipinski definition) is 3. The van der Waals surface area contributed by atoms with Gasteiger partial charge in [-0.2, -0.15) is 0 Å². The molecule has 0 saturated carbocycles. The average Bonchev–Trinajstić information content (AvgIpc) is 2.26. The van der Waals surface area contributed by atoms with Gasteiger partial charge >= 0.3 is 0 Å². The molecular formula is C11H19N3O2. The van der Waals surface area contributed by atoms with Gasteiger partial charge in [0, 0.05) is 19.5 Å². The summed E-state index contributed by atoms with van der Waals surface area (Å²) in [7, 11) is 0. The summed E-state index contributed by atoms with van der Waals surface area (Å²) in [5, 5.41) is 8.17. The second-order valence-corrected chi connectivity index (χ2v) is 3.30. The first kappa shape index (κ1) is 14.5. The molecule has 90 valence electrons. The first-order valence-electron chi connectivity index (χ1n) is 5.33. The summed E-state index contributed by atoms with van der Waals surface area (Å²) in [6.45, 7) is 4.90. The zero-order valence-electron chi connectivity index (χ0n) is 9.80. The van der Waals surface area contributed by atoms with Crippen molar-refractivity contribution in [3.05, 3.63) is 0 Å². The summed E-state index contributed by atoms with van der Waals surface area (Å²) in [5.74, 6) is 2.14. The molecule has 16 heavy (non-hydrogen) atoms. The van der Waals surface area contributed by atoms with Crippen molar-refractivity contribution in [2.45, 2.75) is 26.3 Å². The minimum absolute atomic E-state index is 0.0220. The molecule has 0 rings (SSSR count). The van der Waals surface area contributed by atoms with Crippen molar-refractivity contribution in [1.82, 2.24) is 16.0 Å². The summed E-state index contributed by atoms with van der Waals surface area (Å²) in [6, 6.07) is -0.345. The van der Waals surface area contributed by atoms with Gasteiger partial charge in [-0.3, -0.25) is 9.59 Å².